The highest BCUT2D eigenvalue weighted by molar-refractivity contribution is 6.31. The highest BCUT2D eigenvalue weighted by Gasteiger charge is 2.27. The second-order valence-corrected chi connectivity index (χ2v) is 7.80. The van der Waals surface area contributed by atoms with Crippen molar-refractivity contribution in [3.63, 3.8) is 0 Å². The largest absolute Gasteiger partial charge is 0.432 e. The molecule has 0 spiro atoms. The molecule has 0 unspecified atom stereocenters. The van der Waals surface area contributed by atoms with E-state index >= 15 is 0 Å². The Hall–Kier alpha value is -3.39. The molecule has 156 valence electrons. The summed E-state index contributed by atoms with van der Waals surface area (Å²) in [5.74, 6) is -1.46. The Morgan fingerprint density at radius 1 is 1.13 bits per heavy atom. The van der Waals surface area contributed by atoms with Gasteiger partial charge in [-0.1, -0.05) is 11.6 Å². The van der Waals surface area contributed by atoms with Crippen molar-refractivity contribution in [2.24, 2.45) is 0 Å². The fourth-order valence-corrected chi connectivity index (χ4v) is 3.41. The summed E-state index contributed by atoms with van der Waals surface area (Å²) in [6.07, 6.45) is 5.13. The predicted octanol–water partition coefficient (Wildman–Crippen LogP) is 5.07. The van der Waals surface area contributed by atoms with Gasteiger partial charge >= 0.3 is 5.69 Å². The van der Waals surface area contributed by atoms with E-state index < -0.39 is 22.3 Å². The first kappa shape index (κ1) is 19.6. The molecule has 4 aromatic rings. The van der Waals surface area contributed by atoms with Crippen molar-refractivity contribution in [3.8, 4) is 28.7 Å². The molecule has 1 aromatic carbocycles. The second-order valence-electron chi connectivity index (χ2n) is 7.42. The molecule has 3 heterocycles. The number of nitrogens with zero attached hydrogens (tertiary/aromatic N) is 4. The van der Waals surface area contributed by atoms with Gasteiger partial charge in [-0.05, 0) is 55.7 Å². The van der Waals surface area contributed by atoms with Crippen LogP contribution in [0.4, 0.5) is 8.78 Å². The minimum atomic E-state index is -0.955. The summed E-state index contributed by atoms with van der Waals surface area (Å²) >= 11 is 5.62. The maximum absolute atomic E-state index is 14.1. The molecule has 6 nitrogen and oxygen atoms in total. The molecule has 0 radical (unpaired) electrons. The lowest BCUT2D eigenvalue weighted by atomic mass is 10.1. The number of pyridine rings is 1. The first-order chi connectivity index (χ1) is 14.9. The number of halogens is 3. The van der Waals surface area contributed by atoms with Gasteiger partial charge in [-0.25, -0.2) is 18.1 Å². The Balaban J connectivity index is 1.72. The summed E-state index contributed by atoms with van der Waals surface area (Å²) in [5.41, 5.74) is 1.53. The molecular formula is C22H15ClF2N4O2. The minimum Gasteiger partial charge on any atom is -0.432 e. The lowest BCUT2D eigenvalue weighted by Gasteiger charge is -2.06. The Labute approximate surface area is 180 Å². The van der Waals surface area contributed by atoms with Crippen molar-refractivity contribution in [2.45, 2.75) is 25.7 Å². The maximum atomic E-state index is 14.1. The van der Waals surface area contributed by atoms with Gasteiger partial charge in [0.25, 0.3) is 0 Å². The van der Waals surface area contributed by atoms with Gasteiger partial charge in [0.1, 0.15) is 22.4 Å². The monoisotopic (exact) mass is 440 g/mol. The zero-order valence-corrected chi connectivity index (χ0v) is 17.0. The Morgan fingerprint density at radius 3 is 2.52 bits per heavy atom. The summed E-state index contributed by atoms with van der Waals surface area (Å²) in [7, 11) is 0. The third-order valence-corrected chi connectivity index (χ3v) is 5.40. The van der Waals surface area contributed by atoms with Crippen LogP contribution < -0.4 is 5.69 Å². The molecule has 9 heteroatoms. The van der Waals surface area contributed by atoms with Gasteiger partial charge in [0.05, 0.1) is 5.69 Å². The summed E-state index contributed by atoms with van der Waals surface area (Å²) in [6.45, 7) is 1.88. The predicted molar refractivity (Wildman–Crippen MR) is 110 cm³/mol. The topological polar surface area (TPSA) is 73.8 Å². The van der Waals surface area contributed by atoms with E-state index in [0.717, 1.165) is 36.2 Å². The van der Waals surface area contributed by atoms with Gasteiger partial charge in [0, 0.05) is 23.9 Å². The molecule has 31 heavy (non-hydrogen) atoms. The summed E-state index contributed by atoms with van der Waals surface area (Å²) in [4.78, 5) is 25.5. The van der Waals surface area contributed by atoms with Gasteiger partial charge in [0.2, 0.25) is 5.89 Å². The molecule has 1 aliphatic rings. The first-order valence-corrected chi connectivity index (χ1v) is 9.97. The van der Waals surface area contributed by atoms with Crippen LogP contribution >= 0.6 is 11.6 Å². The third kappa shape index (κ3) is 3.63. The van der Waals surface area contributed by atoms with Gasteiger partial charge in [-0.15, -0.1) is 0 Å². The van der Waals surface area contributed by atoms with Crippen molar-refractivity contribution in [2.75, 3.05) is 0 Å². The van der Waals surface area contributed by atoms with Gasteiger partial charge in [-0.3, -0.25) is 4.98 Å². The highest BCUT2D eigenvalue weighted by atomic mass is 35.5. The van der Waals surface area contributed by atoms with E-state index in [9.17, 15) is 13.6 Å². The van der Waals surface area contributed by atoms with E-state index in [1.807, 2.05) is 13.0 Å². The lowest BCUT2D eigenvalue weighted by molar-refractivity contribution is 0.571. The van der Waals surface area contributed by atoms with Crippen LogP contribution in [0.1, 0.15) is 30.0 Å². The number of hydrogen-bond donors (Lipinski definition) is 0. The number of aromatic nitrogens is 4. The highest BCUT2D eigenvalue weighted by Crippen LogP contribution is 2.38. The van der Waals surface area contributed by atoms with Crippen LogP contribution in [0, 0.1) is 18.6 Å². The average Bonchev–Trinajstić information content (AvgIpc) is 3.50. The summed E-state index contributed by atoms with van der Waals surface area (Å²) < 4.78 is 35.3. The third-order valence-electron chi connectivity index (χ3n) is 5.04. The van der Waals surface area contributed by atoms with Crippen LogP contribution in [0.3, 0.4) is 0 Å². The van der Waals surface area contributed by atoms with Crippen LogP contribution in [0.5, 0.6) is 0 Å². The Kier molecular flexibility index (Phi) is 4.66. The van der Waals surface area contributed by atoms with E-state index in [2.05, 4.69) is 15.0 Å². The smallest absolute Gasteiger partial charge is 0.353 e. The van der Waals surface area contributed by atoms with Crippen LogP contribution in [0.25, 0.3) is 28.7 Å². The molecule has 0 amide bonds. The SMILES string of the molecule is Cc1ccnc(-c2nc(-n3ccc(C4CC4)nc3=O)c(-c3cc(F)c(Cl)c(F)c3)o2)c1. The number of rotatable bonds is 4. The van der Waals surface area contributed by atoms with E-state index in [-0.39, 0.29) is 23.0 Å². The molecule has 1 saturated carbocycles. The van der Waals surface area contributed by atoms with E-state index in [0.29, 0.717) is 11.6 Å². The molecule has 1 fully saturated rings. The van der Waals surface area contributed by atoms with Crippen LogP contribution in [0.2, 0.25) is 5.02 Å². The van der Waals surface area contributed by atoms with E-state index in [1.54, 1.807) is 24.5 Å². The van der Waals surface area contributed by atoms with Crippen molar-refractivity contribution in [1.82, 2.24) is 19.5 Å². The zero-order chi connectivity index (χ0) is 21.7. The van der Waals surface area contributed by atoms with E-state index in [1.165, 1.54) is 4.57 Å². The first-order valence-electron chi connectivity index (χ1n) is 9.59. The fraction of sp³-hybridized carbons (Fsp3) is 0.182. The Morgan fingerprint density at radius 2 is 1.87 bits per heavy atom. The van der Waals surface area contributed by atoms with Crippen LogP contribution in [0.15, 0.2) is 51.9 Å². The van der Waals surface area contributed by atoms with Crippen molar-refractivity contribution < 1.29 is 13.2 Å². The summed E-state index contributed by atoms with van der Waals surface area (Å²) in [5, 5.41) is -0.627. The normalized spacial score (nSPS) is 13.5. The Bertz CT molecular complexity index is 1360. The molecule has 0 atom stereocenters. The molecule has 1 aliphatic carbocycles. The molecule has 0 aliphatic heterocycles. The van der Waals surface area contributed by atoms with Crippen LogP contribution in [-0.2, 0) is 0 Å². The van der Waals surface area contributed by atoms with Crippen molar-refractivity contribution >= 4 is 11.6 Å². The average molecular weight is 441 g/mol. The fourth-order valence-electron chi connectivity index (χ4n) is 3.30. The molecule has 0 saturated heterocycles. The van der Waals surface area contributed by atoms with Gasteiger partial charge in [0.15, 0.2) is 11.6 Å². The second kappa shape index (κ2) is 7.39. The number of aryl methyl sites for hydroxylation is 1. The van der Waals surface area contributed by atoms with E-state index in [4.69, 9.17) is 16.0 Å². The zero-order valence-electron chi connectivity index (χ0n) is 16.3. The number of hydrogen-bond acceptors (Lipinski definition) is 5. The standard InChI is InChI=1S/C22H15ClF2N4O2/c1-11-4-6-26-17(8-11)21-28-20(29-7-5-16(12-2-3-12)27-22(29)30)19(31-21)13-9-14(24)18(23)15(25)10-13/h4-10,12H,2-3H2,1H3. The maximum Gasteiger partial charge on any atom is 0.353 e. The van der Waals surface area contributed by atoms with Gasteiger partial charge < -0.3 is 4.42 Å². The molecule has 3 aromatic heterocycles. The molecule has 5 rings (SSSR count). The molecule has 0 N–H and O–H groups in total. The molecular weight excluding hydrogens is 426 g/mol. The van der Waals surface area contributed by atoms with Crippen molar-refractivity contribution in [3.05, 3.63) is 81.1 Å². The molecule has 0 bridgehead atoms. The summed E-state index contributed by atoms with van der Waals surface area (Å²) in [6, 6.07) is 7.35. The quantitative estimate of drug-likeness (QED) is 0.414. The van der Waals surface area contributed by atoms with Crippen LogP contribution in [-0.4, -0.2) is 19.5 Å². The lowest BCUT2D eigenvalue weighted by Crippen LogP contribution is -2.22. The van der Waals surface area contributed by atoms with Crippen molar-refractivity contribution in [1.29, 1.82) is 0 Å². The number of oxazole rings is 1. The minimum absolute atomic E-state index is 0.00385. The van der Waals surface area contributed by atoms with Gasteiger partial charge in [-0.2, -0.15) is 9.97 Å². The number of benzene rings is 1.